The van der Waals surface area contributed by atoms with E-state index in [2.05, 4.69) is 268 Å². The minimum absolute atomic E-state index is 0.204. The molecule has 0 saturated carbocycles. The third kappa shape index (κ3) is 6.10. The molecule has 0 N–H and O–H groups in total. The molecule has 0 unspecified atom stereocenters. The molecule has 10 aromatic carbocycles. The van der Waals surface area contributed by atoms with Crippen molar-refractivity contribution in [1.29, 1.82) is 0 Å². The van der Waals surface area contributed by atoms with E-state index in [-0.39, 0.29) is 10.8 Å². The van der Waals surface area contributed by atoms with Gasteiger partial charge in [-0.1, -0.05) is 179 Å². The number of para-hydroxylation sites is 2. The molecular formula is C66H50N2. The van der Waals surface area contributed by atoms with E-state index in [1.54, 1.807) is 0 Å². The van der Waals surface area contributed by atoms with E-state index in [0.717, 1.165) is 22.7 Å². The first-order valence-electron chi connectivity index (χ1n) is 23.9. The van der Waals surface area contributed by atoms with Crippen LogP contribution in [0.4, 0.5) is 17.1 Å². The Hall–Kier alpha value is -8.20. The average molecular weight is 871 g/mol. The first-order chi connectivity index (χ1) is 33.2. The minimum Gasteiger partial charge on any atom is -0.310 e. The van der Waals surface area contributed by atoms with Crippen LogP contribution in [0, 0.1) is 0 Å². The van der Waals surface area contributed by atoms with Crippen molar-refractivity contribution >= 4 is 38.9 Å². The fraction of sp³-hybridized carbons (Fsp3) is 0.0909. The van der Waals surface area contributed by atoms with Crippen molar-refractivity contribution in [3.63, 3.8) is 0 Å². The van der Waals surface area contributed by atoms with Gasteiger partial charge in [-0.25, -0.2) is 0 Å². The predicted octanol–water partition coefficient (Wildman–Crippen LogP) is 17.9. The smallest absolute Gasteiger partial charge is 0.0561 e. The summed E-state index contributed by atoms with van der Waals surface area (Å²) in [7, 11) is 0. The Morgan fingerprint density at radius 3 is 1.51 bits per heavy atom. The maximum atomic E-state index is 2.56. The topological polar surface area (TPSA) is 8.17 Å². The highest BCUT2D eigenvalue weighted by Crippen LogP contribution is 2.59. The molecule has 0 bridgehead atoms. The molecule has 2 nitrogen and oxygen atoms in total. The molecule has 1 aromatic heterocycles. The second-order valence-electron chi connectivity index (χ2n) is 19.7. The van der Waals surface area contributed by atoms with Crippen LogP contribution >= 0.6 is 0 Å². The van der Waals surface area contributed by atoms with E-state index < -0.39 is 0 Å². The summed E-state index contributed by atoms with van der Waals surface area (Å²) in [5.41, 5.74) is 24.8. The first kappa shape index (κ1) is 40.1. The van der Waals surface area contributed by atoms with Gasteiger partial charge >= 0.3 is 0 Å². The number of fused-ring (bicyclic) bond motifs is 9. The first-order valence-corrected chi connectivity index (χ1v) is 23.9. The van der Waals surface area contributed by atoms with Crippen molar-refractivity contribution < 1.29 is 0 Å². The van der Waals surface area contributed by atoms with Gasteiger partial charge in [0, 0.05) is 44.4 Å². The van der Waals surface area contributed by atoms with Crippen molar-refractivity contribution in [3.8, 4) is 61.3 Å². The van der Waals surface area contributed by atoms with Crippen molar-refractivity contribution in [2.75, 3.05) is 4.90 Å². The number of aromatic nitrogens is 1. The molecule has 0 fully saturated rings. The van der Waals surface area contributed by atoms with Crippen LogP contribution < -0.4 is 4.90 Å². The van der Waals surface area contributed by atoms with Gasteiger partial charge in [-0.2, -0.15) is 0 Å². The molecular weight excluding hydrogens is 821 g/mol. The Morgan fingerprint density at radius 1 is 0.309 bits per heavy atom. The number of nitrogens with zero attached hydrogens (tertiary/aromatic N) is 2. The van der Waals surface area contributed by atoms with Gasteiger partial charge in [-0.05, 0) is 157 Å². The largest absolute Gasteiger partial charge is 0.310 e. The normalized spacial score (nSPS) is 13.8. The van der Waals surface area contributed by atoms with E-state index in [1.165, 1.54) is 99.7 Å². The Labute approximate surface area is 399 Å². The lowest BCUT2D eigenvalue weighted by Gasteiger charge is -2.28. The van der Waals surface area contributed by atoms with Crippen LogP contribution in [0.5, 0.6) is 0 Å². The SMILES string of the molecule is CC1(C)c2cc(N(c3ccc(-c4ccccc4)cc3)c3ccc4c5ccccc5n(-c5ccccc5)c4c3)ccc2-c2cc3c(cc21)-c1c(-c2ccccc2)cc(-c2ccccc2)cc1C3(C)C. The second kappa shape index (κ2) is 15.2. The maximum Gasteiger partial charge on any atom is 0.0561 e. The Bertz CT molecular complexity index is 3750. The zero-order valence-electron chi connectivity index (χ0n) is 38.8. The summed E-state index contributed by atoms with van der Waals surface area (Å²) in [5, 5.41) is 2.49. The molecule has 11 aromatic rings. The van der Waals surface area contributed by atoms with Gasteiger partial charge in [0.1, 0.15) is 0 Å². The van der Waals surface area contributed by atoms with Crippen LogP contribution in [0.1, 0.15) is 49.9 Å². The fourth-order valence-corrected chi connectivity index (χ4v) is 11.7. The van der Waals surface area contributed by atoms with E-state index in [1.807, 2.05) is 0 Å². The van der Waals surface area contributed by atoms with E-state index in [4.69, 9.17) is 0 Å². The fourth-order valence-electron chi connectivity index (χ4n) is 11.7. The lowest BCUT2D eigenvalue weighted by molar-refractivity contribution is 0.652. The van der Waals surface area contributed by atoms with Crippen LogP contribution in [0.2, 0.25) is 0 Å². The van der Waals surface area contributed by atoms with Crippen molar-refractivity contribution in [3.05, 3.63) is 253 Å². The zero-order chi connectivity index (χ0) is 45.7. The zero-order valence-corrected chi connectivity index (χ0v) is 38.8. The molecule has 13 rings (SSSR count). The summed E-state index contributed by atoms with van der Waals surface area (Å²) >= 11 is 0. The van der Waals surface area contributed by atoms with Crippen molar-refractivity contribution in [2.24, 2.45) is 0 Å². The molecule has 2 aliphatic rings. The molecule has 1 heterocycles. The number of anilines is 3. The van der Waals surface area contributed by atoms with Gasteiger partial charge in [0.2, 0.25) is 0 Å². The highest BCUT2D eigenvalue weighted by Gasteiger charge is 2.43. The van der Waals surface area contributed by atoms with Crippen LogP contribution in [0.25, 0.3) is 83.1 Å². The Balaban J connectivity index is 0.978. The summed E-state index contributed by atoms with van der Waals surface area (Å²) in [6.45, 7) is 9.70. The number of rotatable bonds is 7. The predicted molar refractivity (Wildman–Crippen MR) is 287 cm³/mol. The van der Waals surface area contributed by atoms with Gasteiger partial charge < -0.3 is 9.47 Å². The van der Waals surface area contributed by atoms with Gasteiger partial charge in [-0.15, -0.1) is 0 Å². The molecule has 0 atom stereocenters. The number of hydrogen-bond acceptors (Lipinski definition) is 1. The number of hydrogen-bond donors (Lipinski definition) is 0. The van der Waals surface area contributed by atoms with Crippen LogP contribution in [0.3, 0.4) is 0 Å². The molecule has 2 aliphatic carbocycles. The van der Waals surface area contributed by atoms with Crippen molar-refractivity contribution in [1.82, 2.24) is 4.57 Å². The van der Waals surface area contributed by atoms with Crippen LogP contribution in [-0.2, 0) is 10.8 Å². The molecule has 2 heteroatoms. The summed E-state index contributed by atoms with van der Waals surface area (Å²) in [5.74, 6) is 0. The lowest BCUT2D eigenvalue weighted by Crippen LogP contribution is -2.17. The second-order valence-corrected chi connectivity index (χ2v) is 19.7. The third-order valence-electron chi connectivity index (χ3n) is 15.2. The van der Waals surface area contributed by atoms with Crippen molar-refractivity contribution in [2.45, 2.75) is 38.5 Å². The Morgan fingerprint density at radius 2 is 0.809 bits per heavy atom. The molecule has 324 valence electrons. The summed E-state index contributed by atoms with van der Waals surface area (Å²) in [6, 6.07) is 85.4. The maximum absolute atomic E-state index is 2.56. The molecule has 0 aliphatic heterocycles. The molecule has 0 radical (unpaired) electrons. The molecule has 0 spiro atoms. The van der Waals surface area contributed by atoms with Gasteiger partial charge in [0.15, 0.2) is 0 Å². The highest BCUT2D eigenvalue weighted by molar-refractivity contribution is 6.10. The molecule has 0 saturated heterocycles. The summed E-state index contributed by atoms with van der Waals surface area (Å²) < 4.78 is 2.41. The monoisotopic (exact) mass is 870 g/mol. The minimum atomic E-state index is -0.258. The van der Waals surface area contributed by atoms with E-state index in [9.17, 15) is 0 Å². The number of benzene rings is 10. The quantitative estimate of drug-likeness (QED) is 0.155. The average Bonchev–Trinajstić information content (AvgIpc) is 3.92. The Kier molecular flexibility index (Phi) is 8.95. The standard InChI is InChI=1S/C66H50N2/c1-65(2)58-39-50(33-35-52(58)56-41-60-57(42-59(56)65)64-55(46-23-13-7-14-24-46)37-47(38-61(64)66(60,3)4)44-21-11-6-12-22-44)67(49-31-29-45(30-32-49)43-19-9-5-10-20-43)51-34-36-54-53-27-17-18-28-62(53)68(63(54)40-51)48-25-15-8-16-26-48/h5-42H,1-4H3. The highest BCUT2D eigenvalue weighted by atomic mass is 15.1. The summed E-state index contributed by atoms with van der Waals surface area (Å²) in [6.07, 6.45) is 0. The van der Waals surface area contributed by atoms with E-state index in [0.29, 0.717) is 0 Å². The molecule has 0 amide bonds. The van der Waals surface area contributed by atoms with Crippen LogP contribution in [0.15, 0.2) is 231 Å². The third-order valence-corrected chi connectivity index (χ3v) is 15.2. The molecule has 68 heavy (non-hydrogen) atoms. The van der Waals surface area contributed by atoms with Gasteiger partial charge in [0.25, 0.3) is 0 Å². The van der Waals surface area contributed by atoms with Crippen LogP contribution in [-0.4, -0.2) is 4.57 Å². The van der Waals surface area contributed by atoms with Gasteiger partial charge in [-0.3, -0.25) is 0 Å². The van der Waals surface area contributed by atoms with E-state index >= 15 is 0 Å². The van der Waals surface area contributed by atoms with Gasteiger partial charge in [0.05, 0.1) is 11.0 Å². The summed E-state index contributed by atoms with van der Waals surface area (Å²) in [4.78, 5) is 2.45. The lowest BCUT2D eigenvalue weighted by atomic mass is 9.79.